The summed E-state index contributed by atoms with van der Waals surface area (Å²) < 4.78 is 26.6. The molecule has 4 heterocycles. The Hall–Kier alpha value is -4.64. The van der Waals surface area contributed by atoms with Gasteiger partial charge in [0.15, 0.2) is 11.4 Å². The number of ketones is 1. The number of piperazine rings is 1. The third-order valence-electron chi connectivity index (χ3n) is 9.84. The number of anilines is 2. The summed E-state index contributed by atoms with van der Waals surface area (Å²) in [5.41, 5.74) is 4.84. The number of hydrogen-bond donors (Lipinski definition) is 4. The minimum atomic E-state index is -3.56. The molecule has 2 aliphatic heterocycles. The number of nitrogens with two attached hydrogens (primary N) is 1. The standard InChI is InChI=1S/C17H20N4S.C13H18ClNO.C8H8N2O3S.C8H16O2/c1-12-11-13-16(21-9-7-20(2)8-10-21)18-14-5-3-4-6-15(14)19-17(13)22-12;1-9(15-13(2,3)4)12(16)10-6-5-7-11(14)8-10;9-14(11,12)5-7-6-3-1-2-4-8(6)13-10-7;1-3-5-7(6-4-2)8(9)10/h3-6,11,19H,7-10H2,1-2H3;5-9,15H,1-4H3;1-4H,5H2,(H2,9,11,12);7H,3-6H2,1-2H3,(H,9,10). The monoisotopic (exact) mass is 907 g/mol. The van der Waals surface area contributed by atoms with Crippen molar-refractivity contribution in [1.29, 1.82) is 0 Å². The predicted octanol–water partition coefficient (Wildman–Crippen LogP) is 9.64. The molecule has 16 heteroatoms. The average molecular weight is 909 g/mol. The summed E-state index contributed by atoms with van der Waals surface area (Å²) in [6, 6.07) is 24.4. The maximum absolute atomic E-state index is 12.1. The zero-order chi connectivity index (χ0) is 45.6. The molecule has 0 aliphatic carbocycles. The average Bonchev–Trinajstić information content (AvgIpc) is 3.74. The maximum atomic E-state index is 12.1. The van der Waals surface area contributed by atoms with E-state index in [9.17, 15) is 18.0 Å². The molecule has 62 heavy (non-hydrogen) atoms. The smallest absolute Gasteiger partial charge is 0.306 e. The van der Waals surface area contributed by atoms with Crippen molar-refractivity contribution in [1.82, 2.24) is 20.3 Å². The Kier molecular flexibility index (Phi) is 18.7. The number of nitrogens with one attached hydrogen (secondary N) is 2. The molecule has 1 atom stereocenters. The second kappa shape index (κ2) is 23.2. The third kappa shape index (κ3) is 15.6. The van der Waals surface area contributed by atoms with Crippen LogP contribution in [0.3, 0.4) is 0 Å². The number of likely N-dealkylation sites (N-methyl/N-ethyl adjacent to an activating group) is 1. The zero-order valence-corrected chi connectivity index (χ0v) is 39.5. The van der Waals surface area contributed by atoms with Crippen LogP contribution in [0.5, 0.6) is 0 Å². The van der Waals surface area contributed by atoms with Crippen molar-refractivity contribution in [3.63, 3.8) is 0 Å². The van der Waals surface area contributed by atoms with Crippen LogP contribution in [-0.4, -0.2) is 90.9 Å². The molecule has 1 saturated heterocycles. The number of carboxylic acid groups (broad SMARTS) is 1. The van der Waals surface area contributed by atoms with Crippen molar-refractivity contribution in [2.45, 2.75) is 91.5 Å². The van der Waals surface area contributed by atoms with Crippen LogP contribution < -0.4 is 15.8 Å². The van der Waals surface area contributed by atoms with E-state index in [0.717, 1.165) is 69.1 Å². The van der Waals surface area contributed by atoms with Crippen molar-refractivity contribution < 1.29 is 27.6 Å². The number of fused-ring (bicyclic) bond motifs is 3. The van der Waals surface area contributed by atoms with Crippen molar-refractivity contribution in [3.05, 3.63) is 106 Å². The Morgan fingerprint density at radius 1 is 0.984 bits per heavy atom. The number of aliphatic imine (C=N–C) groups is 1. The molecule has 0 radical (unpaired) electrons. The lowest BCUT2D eigenvalue weighted by Gasteiger charge is -2.34. The second-order valence-corrected chi connectivity index (χ2v) is 19.8. The van der Waals surface area contributed by atoms with Gasteiger partial charge in [0.25, 0.3) is 0 Å². The summed E-state index contributed by atoms with van der Waals surface area (Å²) in [6.07, 6.45) is 3.58. The number of halogens is 1. The molecule has 1 fully saturated rings. The molecule has 2 aliphatic rings. The van der Waals surface area contributed by atoms with E-state index in [1.54, 1.807) is 59.9 Å². The highest BCUT2D eigenvalue weighted by molar-refractivity contribution is 7.88. The molecular weight excluding hydrogens is 846 g/mol. The van der Waals surface area contributed by atoms with E-state index in [4.69, 9.17) is 31.4 Å². The van der Waals surface area contributed by atoms with Gasteiger partial charge in [0.1, 0.15) is 22.3 Å². The first-order valence-electron chi connectivity index (χ1n) is 20.9. The number of hydrogen-bond acceptors (Lipinski definition) is 12. The second-order valence-electron chi connectivity index (χ2n) is 16.5. The van der Waals surface area contributed by atoms with Gasteiger partial charge in [-0.1, -0.05) is 79.8 Å². The predicted molar refractivity (Wildman–Crippen MR) is 254 cm³/mol. The Morgan fingerprint density at radius 3 is 2.24 bits per heavy atom. The number of carbonyl (C=O) groups excluding carboxylic acids is 1. The normalized spacial score (nSPS) is 14.3. The molecule has 7 rings (SSSR count). The van der Waals surface area contributed by atoms with Crippen molar-refractivity contribution >= 4 is 77.9 Å². The number of nitrogens with zero attached hydrogens (tertiary/aromatic N) is 4. The number of primary sulfonamides is 1. The summed E-state index contributed by atoms with van der Waals surface area (Å²) in [4.78, 5) is 33.7. The van der Waals surface area contributed by atoms with Crippen LogP contribution in [0.4, 0.5) is 16.4 Å². The van der Waals surface area contributed by atoms with E-state index in [-0.39, 0.29) is 29.0 Å². The van der Waals surface area contributed by atoms with Gasteiger partial charge in [0.2, 0.25) is 10.0 Å². The van der Waals surface area contributed by atoms with Gasteiger partial charge in [-0.15, -0.1) is 11.3 Å². The number of Topliss-reactive ketones (excluding diaryl/α,β-unsaturated/α-hetero) is 1. The van der Waals surface area contributed by atoms with Gasteiger partial charge in [-0.25, -0.2) is 18.5 Å². The summed E-state index contributed by atoms with van der Waals surface area (Å²) >= 11 is 7.66. The van der Waals surface area contributed by atoms with Gasteiger partial charge >= 0.3 is 5.97 Å². The number of thiophene rings is 1. The summed E-state index contributed by atoms with van der Waals surface area (Å²) in [5.74, 6) is 0.144. The van der Waals surface area contributed by atoms with Gasteiger partial charge < -0.3 is 30.1 Å². The fourth-order valence-corrected chi connectivity index (χ4v) is 8.63. The fourth-order valence-electron chi connectivity index (χ4n) is 6.93. The molecule has 0 spiro atoms. The number of sulfonamides is 1. The molecule has 0 saturated carbocycles. The van der Waals surface area contributed by atoms with E-state index in [1.165, 1.54) is 15.4 Å². The third-order valence-corrected chi connectivity index (χ3v) is 11.7. The van der Waals surface area contributed by atoms with Gasteiger partial charge in [0.05, 0.1) is 28.9 Å². The highest BCUT2D eigenvalue weighted by atomic mass is 35.5. The number of aliphatic carboxylic acids is 1. The van der Waals surface area contributed by atoms with Crippen molar-refractivity contribution in [2.24, 2.45) is 16.0 Å². The van der Waals surface area contributed by atoms with E-state index in [2.05, 4.69) is 69.9 Å². The fraction of sp³-hybridized carbons (Fsp3) is 0.435. The van der Waals surface area contributed by atoms with Crippen LogP contribution in [0.1, 0.15) is 93.7 Å². The molecule has 0 bridgehead atoms. The summed E-state index contributed by atoms with van der Waals surface area (Å²) in [6.45, 7) is 18.4. The van der Waals surface area contributed by atoms with E-state index in [1.807, 2.05) is 41.5 Å². The van der Waals surface area contributed by atoms with Gasteiger partial charge in [-0.05, 0) is 97.0 Å². The number of carboxylic acids is 1. The lowest BCUT2D eigenvalue weighted by Crippen LogP contribution is -2.47. The molecule has 0 amide bonds. The van der Waals surface area contributed by atoms with E-state index in [0.29, 0.717) is 27.2 Å². The van der Waals surface area contributed by atoms with Gasteiger partial charge in [-0.2, -0.15) is 0 Å². The molecule has 3 aromatic carbocycles. The highest BCUT2D eigenvalue weighted by Crippen LogP contribution is 2.39. The first kappa shape index (κ1) is 50.0. The van der Waals surface area contributed by atoms with E-state index < -0.39 is 16.0 Å². The number of aryl methyl sites for hydroxylation is 1. The molecule has 5 N–H and O–H groups in total. The molecular formula is C46H62ClN7O6S2. The van der Waals surface area contributed by atoms with Crippen LogP contribution in [0, 0.1) is 12.8 Å². The van der Waals surface area contributed by atoms with Crippen LogP contribution >= 0.6 is 22.9 Å². The Morgan fingerprint density at radius 2 is 1.63 bits per heavy atom. The van der Waals surface area contributed by atoms with Crippen LogP contribution in [0.25, 0.3) is 11.0 Å². The lowest BCUT2D eigenvalue weighted by atomic mass is 9.99. The molecule has 1 unspecified atom stereocenters. The van der Waals surface area contributed by atoms with Crippen LogP contribution in [0.15, 0.2) is 88.4 Å². The number of para-hydroxylation sites is 3. The Labute approximate surface area is 375 Å². The Bertz CT molecular complexity index is 2380. The quantitative estimate of drug-likeness (QED) is 0.0979. The van der Waals surface area contributed by atoms with Crippen molar-refractivity contribution in [2.75, 3.05) is 38.5 Å². The zero-order valence-electron chi connectivity index (χ0n) is 37.1. The van der Waals surface area contributed by atoms with Crippen molar-refractivity contribution in [3.8, 4) is 0 Å². The van der Waals surface area contributed by atoms with Gasteiger partial charge in [-0.3, -0.25) is 9.59 Å². The lowest BCUT2D eigenvalue weighted by molar-refractivity contribution is -0.142. The number of amidine groups is 1. The van der Waals surface area contributed by atoms with Crippen LogP contribution in [-0.2, 0) is 20.6 Å². The van der Waals surface area contributed by atoms with E-state index >= 15 is 0 Å². The van der Waals surface area contributed by atoms with Crippen LogP contribution in [0.2, 0.25) is 5.02 Å². The molecule has 2 aromatic heterocycles. The summed E-state index contributed by atoms with van der Waals surface area (Å²) in [7, 11) is -1.38. The topological polar surface area (TPSA) is 183 Å². The van der Waals surface area contributed by atoms with Gasteiger partial charge in [0, 0.05) is 52.6 Å². The number of carbonyl (C=O) groups is 2. The number of aromatic nitrogens is 1. The SMILES string of the molecule is CC(NC(C)(C)C)C(=O)c1cccc(Cl)c1.CCCC(CCC)C(=O)O.Cc1cc2c(s1)Nc1ccccc1N=C2N1CCN(C)CC1.NS(=O)(=O)Cc1noc2ccccc12. The largest absolute Gasteiger partial charge is 0.481 e. The highest BCUT2D eigenvalue weighted by Gasteiger charge is 2.26. The minimum Gasteiger partial charge on any atom is -0.481 e. The maximum Gasteiger partial charge on any atom is 0.306 e. The first-order chi connectivity index (χ1) is 29.3. The number of benzene rings is 3. The molecule has 5 aromatic rings. The first-order valence-corrected chi connectivity index (χ1v) is 23.8. The number of rotatable bonds is 10. The minimum absolute atomic E-state index is 0.0671. The Balaban J connectivity index is 0.000000190. The molecule has 336 valence electrons. The molecule has 13 nitrogen and oxygen atoms in total. The summed E-state index contributed by atoms with van der Waals surface area (Å²) in [5, 5.41) is 26.5.